The van der Waals surface area contributed by atoms with Gasteiger partial charge in [0.25, 0.3) is 0 Å². The van der Waals surface area contributed by atoms with Crippen molar-refractivity contribution in [2.45, 2.75) is 12.5 Å². The minimum absolute atomic E-state index is 0.0815. The second kappa shape index (κ2) is 5.91. The number of benzene rings is 1. The summed E-state index contributed by atoms with van der Waals surface area (Å²) in [6, 6.07) is 14.1. The molecule has 1 aromatic carbocycles. The number of aromatic nitrogens is 1. The topological polar surface area (TPSA) is 50.9 Å². The lowest BCUT2D eigenvalue weighted by atomic mass is 10.0. The van der Waals surface area contributed by atoms with Crippen LogP contribution >= 0.6 is 15.9 Å². The van der Waals surface area contributed by atoms with E-state index in [9.17, 15) is 0 Å². The summed E-state index contributed by atoms with van der Waals surface area (Å²) in [7, 11) is 0. The average Bonchev–Trinajstić information content (AvgIpc) is 2.38. The van der Waals surface area contributed by atoms with Crippen LogP contribution in [0.2, 0.25) is 0 Å². The fourth-order valence-corrected chi connectivity index (χ4v) is 1.96. The maximum atomic E-state index is 5.60. The summed E-state index contributed by atoms with van der Waals surface area (Å²) < 4.78 is 1.06. The smallest absolute Gasteiger partial charge is 0.0515 e. The monoisotopic (exact) mass is 291 g/mol. The van der Waals surface area contributed by atoms with E-state index in [2.05, 4.69) is 38.5 Å². The van der Waals surface area contributed by atoms with E-state index in [1.165, 1.54) is 0 Å². The number of halogens is 1. The first kappa shape index (κ1) is 12.2. The first-order chi connectivity index (χ1) is 8.29. The molecule has 17 heavy (non-hydrogen) atoms. The zero-order valence-corrected chi connectivity index (χ0v) is 10.9. The number of hydrogen-bond donors (Lipinski definition) is 2. The summed E-state index contributed by atoms with van der Waals surface area (Å²) in [5, 5.41) is 0. The van der Waals surface area contributed by atoms with Crippen LogP contribution in [0.25, 0.3) is 0 Å². The number of hydrazine groups is 1. The molecular weight excluding hydrogens is 278 g/mol. The lowest BCUT2D eigenvalue weighted by Crippen LogP contribution is -2.29. The Hall–Kier alpha value is -1.23. The van der Waals surface area contributed by atoms with Crippen molar-refractivity contribution in [3.05, 3.63) is 64.4 Å². The Bertz CT molecular complexity index is 456. The highest BCUT2D eigenvalue weighted by Gasteiger charge is 2.10. The molecule has 2 rings (SSSR count). The van der Waals surface area contributed by atoms with Crippen LogP contribution < -0.4 is 11.3 Å². The maximum Gasteiger partial charge on any atom is 0.0515 e. The highest BCUT2D eigenvalue weighted by molar-refractivity contribution is 9.10. The van der Waals surface area contributed by atoms with Crippen molar-refractivity contribution in [2.75, 3.05) is 0 Å². The molecular formula is C13H14BrN3. The Balaban J connectivity index is 2.14. The molecule has 4 heteroatoms. The second-order valence-electron chi connectivity index (χ2n) is 3.80. The van der Waals surface area contributed by atoms with Crippen LogP contribution in [0.5, 0.6) is 0 Å². The molecule has 88 valence electrons. The highest BCUT2D eigenvalue weighted by Crippen LogP contribution is 2.19. The van der Waals surface area contributed by atoms with Gasteiger partial charge in [0.15, 0.2) is 0 Å². The number of pyridine rings is 1. The van der Waals surface area contributed by atoms with Gasteiger partial charge in [-0.2, -0.15) is 0 Å². The third kappa shape index (κ3) is 3.36. The highest BCUT2D eigenvalue weighted by atomic mass is 79.9. The van der Waals surface area contributed by atoms with Gasteiger partial charge in [0.2, 0.25) is 0 Å². The first-order valence-electron chi connectivity index (χ1n) is 5.41. The van der Waals surface area contributed by atoms with Gasteiger partial charge in [0.1, 0.15) is 0 Å². The Morgan fingerprint density at radius 1 is 1.18 bits per heavy atom. The van der Waals surface area contributed by atoms with Crippen LogP contribution in [0.15, 0.2) is 53.1 Å². The van der Waals surface area contributed by atoms with Crippen LogP contribution in [0.1, 0.15) is 17.3 Å². The van der Waals surface area contributed by atoms with Gasteiger partial charge >= 0.3 is 0 Å². The van der Waals surface area contributed by atoms with Crippen molar-refractivity contribution in [1.82, 2.24) is 10.4 Å². The van der Waals surface area contributed by atoms with Crippen LogP contribution in [0, 0.1) is 0 Å². The molecule has 0 bridgehead atoms. The summed E-state index contributed by atoms with van der Waals surface area (Å²) in [5.74, 6) is 5.60. The fraction of sp³-hybridized carbons (Fsp3) is 0.154. The van der Waals surface area contributed by atoms with Crippen LogP contribution in [-0.4, -0.2) is 4.98 Å². The van der Waals surface area contributed by atoms with E-state index in [4.69, 9.17) is 5.84 Å². The summed E-state index contributed by atoms with van der Waals surface area (Å²) in [4.78, 5) is 4.30. The SMILES string of the molecule is NNC(Cc1ccccn1)c1ccc(Br)cc1. The normalized spacial score (nSPS) is 12.4. The van der Waals surface area contributed by atoms with Crippen molar-refractivity contribution >= 4 is 15.9 Å². The van der Waals surface area contributed by atoms with Gasteiger partial charge in [-0.05, 0) is 29.8 Å². The van der Waals surface area contributed by atoms with Crippen LogP contribution in [-0.2, 0) is 6.42 Å². The van der Waals surface area contributed by atoms with Crippen molar-refractivity contribution in [3.8, 4) is 0 Å². The maximum absolute atomic E-state index is 5.60. The number of nitrogens with two attached hydrogens (primary N) is 1. The van der Waals surface area contributed by atoms with Crippen molar-refractivity contribution < 1.29 is 0 Å². The van der Waals surface area contributed by atoms with Gasteiger partial charge < -0.3 is 0 Å². The Morgan fingerprint density at radius 2 is 1.94 bits per heavy atom. The summed E-state index contributed by atoms with van der Waals surface area (Å²) in [6.45, 7) is 0. The lowest BCUT2D eigenvalue weighted by molar-refractivity contribution is 0.546. The van der Waals surface area contributed by atoms with Gasteiger partial charge in [-0.1, -0.05) is 34.1 Å². The van der Waals surface area contributed by atoms with E-state index in [1.54, 1.807) is 6.20 Å². The predicted octanol–water partition coefficient (Wildman–Crippen LogP) is 2.59. The number of nitrogens with zero attached hydrogens (tertiary/aromatic N) is 1. The molecule has 0 aliphatic carbocycles. The predicted molar refractivity (Wildman–Crippen MR) is 72.1 cm³/mol. The molecule has 3 N–H and O–H groups in total. The van der Waals surface area contributed by atoms with Crippen molar-refractivity contribution in [1.29, 1.82) is 0 Å². The molecule has 0 aliphatic rings. The minimum Gasteiger partial charge on any atom is -0.271 e. The van der Waals surface area contributed by atoms with E-state index >= 15 is 0 Å². The summed E-state index contributed by atoms with van der Waals surface area (Å²) in [6.07, 6.45) is 2.57. The Morgan fingerprint density at radius 3 is 2.53 bits per heavy atom. The number of nitrogens with one attached hydrogen (secondary N) is 1. The molecule has 0 saturated carbocycles. The molecule has 0 amide bonds. The quantitative estimate of drug-likeness (QED) is 0.672. The standard InChI is InChI=1S/C13H14BrN3/c14-11-6-4-10(5-7-11)13(17-15)9-12-3-1-2-8-16-12/h1-8,13,17H,9,15H2. The molecule has 0 fully saturated rings. The molecule has 1 heterocycles. The molecule has 1 unspecified atom stereocenters. The van der Waals surface area contributed by atoms with Gasteiger partial charge in [-0.25, -0.2) is 0 Å². The zero-order valence-electron chi connectivity index (χ0n) is 9.31. The van der Waals surface area contributed by atoms with E-state index < -0.39 is 0 Å². The van der Waals surface area contributed by atoms with Crippen LogP contribution in [0.4, 0.5) is 0 Å². The van der Waals surface area contributed by atoms with Crippen molar-refractivity contribution in [3.63, 3.8) is 0 Å². The second-order valence-corrected chi connectivity index (χ2v) is 4.71. The zero-order chi connectivity index (χ0) is 12.1. The lowest BCUT2D eigenvalue weighted by Gasteiger charge is -2.15. The van der Waals surface area contributed by atoms with E-state index in [1.807, 2.05) is 30.3 Å². The molecule has 3 nitrogen and oxygen atoms in total. The molecule has 0 aliphatic heterocycles. The third-order valence-corrected chi connectivity index (χ3v) is 3.14. The number of rotatable bonds is 4. The van der Waals surface area contributed by atoms with E-state index in [0.717, 1.165) is 22.2 Å². The first-order valence-corrected chi connectivity index (χ1v) is 6.20. The van der Waals surface area contributed by atoms with E-state index in [0.29, 0.717) is 0 Å². The van der Waals surface area contributed by atoms with Gasteiger partial charge in [-0.3, -0.25) is 16.3 Å². The minimum atomic E-state index is 0.0815. The molecule has 1 aromatic heterocycles. The number of hydrogen-bond acceptors (Lipinski definition) is 3. The van der Waals surface area contributed by atoms with Crippen LogP contribution in [0.3, 0.4) is 0 Å². The molecule has 0 spiro atoms. The fourth-order valence-electron chi connectivity index (χ4n) is 1.70. The molecule has 0 radical (unpaired) electrons. The van der Waals surface area contributed by atoms with Crippen molar-refractivity contribution in [2.24, 2.45) is 5.84 Å². The molecule has 2 aromatic rings. The average molecular weight is 292 g/mol. The summed E-state index contributed by atoms with van der Waals surface area (Å²) >= 11 is 3.42. The van der Waals surface area contributed by atoms with Gasteiger partial charge in [0, 0.05) is 22.8 Å². The van der Waals surface area contributed by atoms with Gasteiger partial charge in [-0.15, -0.1) is 0 Å². The Labute approximate surface area is 109 Å². The molecule has 1 atom stereocenters. The Kier molecular flexibility index (Phi) is 4.25. The third-order valence-electron chi connectivity index (χ3n) is 2.61. The largest absolute Gasteiger partial charge is 0.271 e. The van der Waals surface area contributed by atoms with Gasteiger partial charge in [0.05, 0.1) is 6.04 Å². The molecule has 0 saturated heterocycles. The summed E-state index contributed by atoms with van der Waals surface area (Å²) in [5.41, 5.74) is 5.01. The van der Waals surface area contributed by atoms with E-state index in [-0.39, 0.29) is 6.04 Å².